The summed E-state index contributed by atoms with van der Waals surface area (Å²) >= 11 is 0. The summed E-state index contributed by atoms with van der Waals surface area (Å²) in [4.78, 5) is 34.8. The summed E-state index contributed by atoms with van der Waals surface area (Å²) in [6.07, 6.45) is 10.4. The van der Waals surface area contributed by atoms with Gasteiger partial charge in [0.25, 0.3) is 5.91 Å². The molecule has 0 heterocycles. The molecule has 0 fully saturated rings. The first-order chi connectivity index (χ1) is 12.6. The van der Waals surface area contributed by atoms with Gasteiger partial charge in [0, 0.05) is 12.6 Å². The third kappa shape index (κ3) is 7.79. The highest BCUT2D eigenvalue weighted by Gasteiger charge is 2.10. The van der Waals surface area contributed by atoms with Crippen molar-refractivity contribution in [2.24, 2.45) is 0 Å². The van der Waals surface area contributed by atoms with E-state index in [9.17, 15) is 14.4 Å². The van der Waals surface area contributed by atoms with E-state index in [2.05, 4.69) is 16.7 Å². The normalized spacial score (nSPS) is 13.8. The first-order valence-electron chi connectivity index (χ1n) is 8.79. The van der Waals surface area contributed by atoms with E-state index in [1.54, 1.807) is 6.08 Å². The molecule has 1 aromatic rings. The minimum atomic E-state index is -0.666. The second-order valence-electron chi connectivity index (χ2n) is 6.01. The number of ether oxygens (including phenoxy) is 1. The Morgan fingerprint density at radius 1 is 1.12 bits per heavy atom. The number of urea groups is 1. The van der Waals surface area contributed by atoms with Gasteiger partial charge in [-0.25, -0.2) is 9.59 Å². The van der Waals surface area contributed by atoms with Gasteiger partial charge in [0.15, 0.2) is 6.61 Å². The minimum Gasteiger partial charge on any atom is -0.452 e. The van der Waals surface area contributed by atoms with Crippen molar-refractivity contribution in [2.45, 2.75) is 32.1 Å². The van der Waals surface area contributed by atoms with Crippen LogP contribution in [0.5, 0.6) is 0 Å². The molecular weight excluding hydrogens is 332 g/mol. The van der Waals surface area contributed by atoms with Gasteiger partial charge in [-0.05, 0) is 43.7 Å². The van der Waals surface area contributed by atoms with Crippen molar-refractivity contribution in [1.29, 1.82) is 0 Å². The SMILES string of the molecule is O=C(COC(=O)/C=C/c1ccccc1)NC(=O)NCCC1=CCCCC1. The predicted octanol–water partition coefficient (Wildman–Crippen LogP) is 2.96. The molecule has 0 bridgehead atoms. The molecule has 0 unspecified atom stereocenters. The number of nitrogens with one attached hydrogen (secondary N) is 2. The summed E-state index contributed by atoms with van der Waals surface area (Å²) in [6.45, 7) is -0.0267. The van der Waals surface area contributed by atoms with Crippen LogP contribution in [0, 0.1) is 0 Å². The molecule has 0 saturated carbocycles. The van der Waals surface area contributed by atoms with Gasteiger partial charge in [0.05, 0.1) is 0 Å². The van der Waals surface area contributed by atoms with Crippen LogP contribution in [0.15, 0.2) is 48.1 Å². The highest BCUT2D eigenvalue weighted by Crippen LogP contribution is 2.19. The van der Waals surface area contributed by atoms with Crippen LogP contribution in [0.2, 0.25) is 0 Å². The van der Waals surface area contributed by atoms with Crippen LogP contribution in [0.1, 0.15) is 37.7 Å². The van der Waals surface area contributed by atoms with Gasteiger partial charge in [-0.2, -0.15) is 0 Å². The number of amides is 3. The molecule has 3 amide bonds. The van der Waals surface area contributed by atoms with E-state index < -0.39 is 24.5 Å². The first-order valence-corrected chi connectivity index (χ1v) is 8.79. The molecule has 0 aromatic heterocycles. The summed E-state index contributed by atoms with van der Waals surface area (Å²) in [5.74, 6) is -1.31. The zero-order valence-electron chi connectivity index (χ0n) is 14.7. The molecule has 0 spiro atoms. The zero-order valence-corrected chi connectivity index (χ0v) is 14.7. The Kier molecular flexibility index (Phi) is 8.12. The lowest BCUT2D eigenvalue weighted by Gasteiger charge is -2.13. The summed E-state index contributed by atoms with van der Waals surface area (Å²) < 4.78 is 4.80. The largest absolute Gasteiger partial charge is 0.452 e. The number of carbonyl (C=O) groups excluding carboxylic acids is 3. The summed E-state index contributed by atoms with van der Waals surface area (Å²) in [5.41, 5.74) is 2.20. The maximum absolute atomic E-state index is 11.6. The molecule has 26 heavy (non-hydrogen) atoms. The quantitative estimate of drug-likeness (QED) is 0.447. The summed E-state index contributed by atoms with van der Waals surface area (Å²) in [7, 11) is 0. The highest BCUT2D eigenvalue weighted by atomic mass is 16.5. The number of hydrogen-bond donors (Lipinski definition) is 2. The number of carbonyl (C=O) groups is 3. The molecule has 0 saturated heterocycles. The Morgan fingerprint density at radius 3 is 2.65 bits per heavy atom. The van der Waals surface area contributed by atoms with Crippen molar-refractivity contribution in [2.75, 3.05) is 13.2 Å². The number of hydrogen-bond acceptors (Lipinski definition) is 4. The van der Waals surface area contributed by atoms with Crippen molar-refractivity contribution in [3.8, 4) is 0 Å². The molecular formula is C20H24N2O4. The van der Waals surface area contributed by atoms with E-state index in [-0.39, 0.29) is 0 Å². The average molecular weight is 356 g/mol. The molecule has 2 rings (SSSR count). The maximum Gasteiger partial charge on any atom is 0.331 e. The molecule has 2 N–H and O–H groups in total. The fraction of sp³-hybridized carbons (Fsp3) is 0.350. The van der Waals surface area contributed by atoms with Crippen molar-refractivity contribution < 1.29 is 19.1 Å². The lowest BCUT2D eigenvalue weighted by atomic mass is 9.97. The van der Waals surface area contributed by atoms with Crippen LogP contribution in [0.25, 0.3) is 6.08 Å². The van der Waals surface area contributed by atoms with Gasteiger partial charge in [0.2, 0.25) is 0 Å². The molecule has 6 nitrogen and oxygen atoms in total. The molecule has 0 atom stereocenters. The second-order valence-corrected chi connectivity index (χ2v) is 6.01. The van der Waals surface area contributed by atoms with Gasteiger partial charge in [-0.1, -0.05) is 42.0 Å². The van der Waals surface area contributed by atoms with Crippen molar-refractivity contribution >= 4 is 24.0 Å². The Balaban J connectivity index is 1.60. The monoisotopic (exact) mass is 356 g/mol. The number of allylic oxidation sites excluding steroid dienone is 1. The van der Waals surface area contributed by atoms with Crippen molar-refractivity contribution in [3.05, 3.63) is 53.6 Å². The maximum atomic E-state index is 11.6. The first kappa shape index (κ1) is 19.4. The predicted molar refractivity (Wildman–Crippen MR) is 99.1 cm³/mol. The fourth-order valence-electron chi connectivity index (χ4n) is 2.59. The fourth-order valence-corrected chi connectivity index (χ4v) is 2.59. The van der Waals surface area contributed by atoms with E-state index >= 15 is 0 Å². The van der Waals surface area contributed by atoms with Crippen molar-refractivity contribution in [1.82, 2.24) is 10.6 Å². The van der Waals surface area contributed by atoms with E-state index in [1.165, 1.54) is 24.5 Å². The molecule has 0 radical (unpaired) electrons. The third-order valence-corrected chi connectivity index (χ3v) is 3.93. The van der Waals surface area contributed by atoms with Crippen LogP contribution >= 0.6 is 0 Å². The van der Waals surface area contributed by atoms with E-state index in [4.69, 9.17) is 4.74 Å². The smallest absolute Gasteiger partial charge is 0.331 e. The van der Waals surface area contributed by atoms with E-state index in [0.29, 0.717) is 6.54 Å². The van der Waals surface area contributed by atoms with Gasteiger partial charge in [-0.3, -0.25) is 10.1 Å². The van der Waals surface area contributed by atoms with Gasteiger partial charge < -0.3 is 10.1 Å². The highest BCUT2D eigenvalue weighted by molar-refractivity contribution is 5.96. The lowest BCUT2D eigenvalue weighted by Crippen LogP contribution is -2.41. The standard InChI is InChI=1S/C20H24N2O4/c23-18(15-26-19(24)12-11-16-7-3-1-4-8-16)22-20(25)21-14-13-17-9-5-2-6-10-17/h1,3-4,7-9,11-12H,2,5-6,10,13-15H2,(H2,21,22,23,25)/b12-11+. The molecule has 0 aliphatic heterocycles. The van der Waals surface area contributed by atoms with Crippen LogP contribution in [0.4, 0.5) is 4.79 Å². The van der Waals surface area contributed by atoms with Crippen molar-refractivity contribution in [3.63, 3.8) is 0 Å². The molecule has 1 aliphatic rings. The Hall–Kier alpha value is -2.89. The van der Waals surface area contributed by atoms with E-state index in [0.717, 1.165) is 24.8 Å². The summed E-state index contributed by atoms with van der Waals surface area (Å²) in [5, 5.41) is 4.77. The van der Waals surface area contributed by atoms with E-state index in [1.807, 2.05) is 30.3 Å². The number of rotatable bonds is 7. The Bertz CT molecular complexity index is 680. The molecule has 138 valence electrons. The lowest BCUT2D eigenvalue weighted by molar-refractivity contribution is -0.143. The number of esters is 1. The van der Waals surface area contributed by atoms with Gasteiger partial charge >= 0.3 is 12.0 Å². The van der Waals surface area contributed by atoms with Gasteiger partial charge in [0.1, 0.15) is 0 Å². The topological polar surface area (TPSA) is 84.5 Å². The average Bonchev–Trinajstić information content (AvgIpc) is 2.66. The summed E-state index contributed by atoms with van der Waals surface area (Å²) in [6, 6.07) is 8.66. The molecule has 1 aromatic carbocycles. The minimum absolute atomic E-state index is 0.477. The second kappa shape index (κ2) is 10.9. The zero-order chi connectivity index (χ0) is 18.6. The number of benzene rings is 1. The van der Waals surface area contributed by atoms with Crippen LogP contribution < -0.4 is 10.6 Å². The van der Waals surface area contributed by atoms with Gasteiger partial charge in [-0.15, -0.1) is 0 Å². The van der Waals surface area contributed by atoms with Crippen LogP contribution in [-0.2, 0) is 14.3 Å². The molecule has 1 aliphatic carbocycles. The Morgan fingerprint density at radius 2 is 1.92 bits per heavy atom. The van der Waals surface area contributed by atoms with Crippen LogP contribution in [-0.4, -0.2) is 31.1 Å². The molecule has 6 heteroatoms. The van der Waals surface area contributed by atoms with Crippen LogP contribution in [0.3, 0.4) is 0 Å². The Labute approximate surface area is 153 Å². The third-order valence-electron chi connectivity index (χ3n) is 3.93. The number of imide groups is 1.